The van der Waals surface area contributed by atoms with E-state index in [0.717, 1.165) is 6.07 Å². The number of ether oxygens (including phenoxy) is 1. The van der Waals surface area contributed by atoms with Gasteiger partial charge in [-0.25, -0.2) is 0 Å². The van der Waals surface area contributed by atoms with Crippen LogP contribution in [0.2, 0.25) is 0 Å². The van der Waals surface area contributed by atoms with E-state index in [1.165, 1.54) is 12.1 Å². The molecule has 0 saturated carbocycles. The standard InChI is InChI=1S/C15H13BrF3NO/c1-20-9-10-6-7-11(8-12(10)15(17,18)19)21-14-5-3-2-4-13(14)16/h2-8,20H,9H2,1H3. The van der Waals surface area contributed by atoms with Gasteiger partial charge < -0.3 is 10.1 Å². The number of hydrogen-bond donors (Lipinski definition) is 1. The van der Waals surface area contributed by atoms with Crippen molar-refractivity contribution in [2.75, 3.05) is 7.05 Å². The average molecular weight is 360 g/mol. The Morgan fingerprint density at radius 3 is 2.48 bits per heavy atom. The van der Waals surface area contributed by atoms with Gasteiger partial charge in [0.15, 0.2) is 0 Å². The molecule has 0 saturated heterocycles. The summed E-state index contributed by atoms with van der Waals surface area (Å²) in [7, 11) is 1.60. The second-order valence-corrected chi connectivity index (χ2v) is 5.23. The van der Waals surface area contributed by atoms with E-state index in [-0.39, 0.29) is 17.9 Å². The normalized spacial score (nSPS) is 11.5. The van der Waals surface area contributed by atoms with E-state index in [2.05, 4.69) is 21.2 Å². The largest absolute Gasteiger partial charge is 0.456 e. The van der Waals surface area contributed by atoms with Crippen molar-refractivity contribution in [1.82, 2.24) is 5.32 Å². The van der Waals surface area contributed by atoms with E-state index in [1.54, 1.807) is 31.3 Å². The van der Waals surface area contributed by atoms with Crippen LogP contribution >= 0.6 is 15.9 Å². The fourth-order valence-corrected chi connectivity index (χ4v) is 2.25. The number of benzene rings is 2. The lowest BCUT2D eigenvalue weighted by atomic mass is 10.1. The Kier molecular flexibility index (Phi) is 4.90. The van der Waals surface area contributed by atoms with Crippen molar-refractivity contribution in [3.8, 4) is 11.5 Å². The summed E-state index contributed by atoms with van der Waals surface area (Å²) in [6.45, 7) is 0.143. The summed E-state index contributed by atoms with van der Waals surface area (Å²) in [5, 5.41) is 2.73. The fourth-order valence-electron chi connectivity index (χ4n) is 1.88. The van der Waals surface area contributed by atoms with E-state index in [4.69, 9.17) is 4.74 Å². The first-order valence-corrected chi connectivity index (χ1v) is 6.98. The molecule has 0 amide bonds. The lowest BCUT2D eigenvalue weighted by Gasteiger charge is -2.15. The topological polar surface area (TPSA) is 21.3 Å². The quantitative estimate of drug-likeness (QED) is 0.831. The monoisotopic (exact) mass is 359 g/mol. The number of nitrogens with one attached hydrogen (secondary N) is 1. The second-order valence-electron chi connectivity index (χ2n) is 4.38. The summed E-state index contributed by atoms with van der Waals surface area (Å²) in [5.41, 5.74) is -0.508. The van der Waals surface area contributed by atoms with Gasteiger partial charge in [-0.05, 0) is 52.8 Å². The van der Waals surface area contributed by atoms with Crippen molar-refractivity contribution in [2.45, 2.75) is 12.7 Å². The van der Waals surface area contributed by atoms with E-state index in [0.29, 0.717) is 10.2 Å². The smallest absolute Gasteiger partial charge is 0.416 e. The maximum atomic E-state index is 13.1. The third-order valence-electron chi connectivity index (χ3n) is 2.82. The van der Waals surface area contributed by atoms with Gasteiger partial charge in [0.25, 0.3) is 0 Å². The van der Waals surface area contributed by atoms with Crippen molar-refractivity contribution >= 4 is 15.9 Å². The molecule has 112 valence electrons. The summed E-state index contributed by atoms with van der Waals surface area (Å²) in [4.78, 5) is 0. The molecule has 0 aromatic heterocycles. The lowest BCUT2D eigenvalue weighted by molar-refractivity contribution is -0.138. The predicted molar refractivity (Wildman–Crippen MR) is 78.4 cm³/mol. The number of rotatable bonds is 4. The van der Waals surface area contributed by atoms with Crippen LogP contribution in [0.3, 0.4) is 0 Å². The van der Waals surface area contributed by atoms with Gasteiger partial charge in [0.05, 0.1) is 10.0 Å². The van der Waals surface area contributed by atoms with Crippen LogP contribution in [-0.4, -0.2) is 7.05 Å². The van der Waals surface area contributed by atoms with Gasteiger partial charge in [-0.3, -0.25) is 0 Å². The van der Waals surface area contributed by atoms with Crippen LogP contribution in [0.1, 0.15) is 11.1 Å². The van der Waals surface area contributed by atoms with Crippen molar-refractivity contribution in [1.29, 1.82) is 0 Å². The molecule has 6 heteroatoms. The summed E-state index contributed by atoms with van der Waals surface area (Å²) >= 11 is 3.29. The minimum atomic E-state index is -4.42. The third-order valence-corrected chi connectivity index (χ3v) is 3.47. The number of alkyl halides is 3. The number of halogens is 4. The van der Waals surface area contributed by atoms with Crippen LogP contribution in [0.4, 0.5) is 13.2 Å². The van der Waals surface area contributed by atoms with Crippen molar-refractivity contribution in [2.24, 2.45) is 0 Å². The zero-order valence-electron chi connectivity index (χ0n) is 11.2. The molecular weight excluding hydrogens is 347 g/mol. The number of para-hydroxylation sites is 1. The molecule has 0 fully saturated rings. The minimum absolute atomic E-state index is 0.143. The first kappa shape index (κ1) is 15.9. The molecule has 0 atom stereocenters. The van der Waals surface area contributed by atoms with Gasteiger partial charge in [-0.1, -0.05) is 18.2 Å². The highest BCUT2D eigenvalue weighted by Gasteiger charge is 2.33. The molecule has 2 nitrogen and oxygen atoms in total. The summed E-state index contributed by atoms with van der Waals surface area (Å²) in [6.07, 6.45) is -4.42. The summed E-state index contributed by atoms with van der Waals surface area (Å²) in [6, 6.07) is 11.0. The van der Waals surface area contributed by atoms with Gasteiger partial charge >= 0.3 is 6.18 Å². The van der Waals surface area contributed by atoms with Gasteiger partial charge in [0, 0.05) is 6.54 Å². The molecule has 0 unspecified atom stereocenters. The molecule has 0 radical (unpaired) electrons. The van der Waals surface area contributed by atoms with Crippen molar-refractivity contribution in [3.05, 3.63) is 58.1 Å². The molecule has 0 aliphatic carbocycles. The Hall–Kier alpha value is -1.53. The van der Waals surface area contributed by atoms with E-state index >= 15 is 0 Å². The molecule has 0 spiro atoms. The average Bonchev–Trinajstić information content (AvgIpc) is 2.42. The molecule has 0 aliphatic rings. The maximum Gasteiger partial charge on any atom is 0.416 e. The van der Waals surface area contributed by atoms with Crippen LogP contribution in [0.25, 0.3) is 0 Å². The van der Waals surface area contributed by atoms with E-state index < -0.39 is 11.7 Å². The Morgan fingerprint density at radius 1 is 1.14 bits per heavy atom. The molecule has 2 aromatic carbocycles. The van der Waals surface area contributed by atoms with Crippen LogP contribution in [0.15, 0.2) is 46.9 Å². The first-order chi connectivity index (χ1) is 9.91. The lowest BCUT2D eigenvalue weighted by Crippen LogP contribution is -2.14. The predicted octanol–water partition coefficient (Wildman–Crippen LogP) is 4.98. The molecule has 2 rings (SSSR count). The fraction of sp³-hybridized carbons (Fsp3) is 0.200. The van der Waals surface area contributed by atoms with Gasteiger partial charge in [-0.15, -0.1) is 0 Å². The highest BCUT2D eigenvalue weighted by Crippen LogP contribution is 2.36. The maximum absolute atomic E-state index is 13.1. The molecule has 2 aromatic rings. The van der Waals surface area contributed by atoms with Crippen LogP contribution in [-0.2, 0) is 12.7 Å². The zero-order valence-corrected chi connectivity index (χ0v) is 12.8. The van der Waals surface area contributed by atoms with Gasteiger partial charge in [-0.2, -0.15) is 13.2 Å². The Morgan fingerprint density at radius 2 is 1.86 bits per heavy atom. The molecule has 0 heterocycles. The van der Waals surface area contributed by atoms with Crippen LogP contribution in [0, 0.1) is 0 Å². The summed E-state index contributed by atoms with van der Waals surface area (Å²) < 4.78 is 45.4. The van der Waals surface area contributed by atoms with Crippen LogP contribution < -0.4 is 10.1 Å². The highest BCUT2D eigenvalue weighted by atomic mass is 79.9. The van der Waals surface area contributed by atoms with E-state index in [9.17, 15) is 13.2 Å². The molecule has 1 N–H and O–H groups in total. The van der Waals surface area contributed by atoms with Gasteiger partial charge in [0.1, 0.15) is 11.5 Å². The second kappa shape index (κ2) is 6.49. The molecule has 0 bridgehead atoms. The molecule has 21 heavy (non-hydrogen) atoms. The third kappa shape index (κ3) is 3.98. The van der Waals surface area contributed by atoms with Crippen molar-refractivity contribution in [3.63, 3.8) is 0 Å². The summed E-state index contributed by atoms with van der Waals surface area (Å²) in [5.74, 6) is 0.612. The Bertz CT molecular complexity index is 629. The van der Waals surface area contributed by atoms with E-state index in [1.807, 2.05) is 0 Å². The number of hydrogen-bond acceptors (Lipinski definition) is 2. The van der Waals surface area contributed by atoms with Crippen LogP contribution in [0.5, 0.6) is 11.5 Å². The van der Waals surface area contributed by atoms with Gasteiger partial charge in [0.2, 0.25) is 0 Å². The van der Waals surface area contributed by atoms with Crippen molar-refractivity contribution < 1.29 is 17.9 Å². The Balaban J connectivity index is 2.36. The molecular formula is C15H13BrF3NO. The minimum Gasteiger partial charge on any atom is -0.456 e. The zero-order chi connectivity index (χ0) is 15.5. The Labute approximate surface area is 129 Å². The highest BCUT2D eigenvalue weighted by molar-refractivity contribution is 9.10. The molecule has 0 aliphatic heterocycles. The first-order valence-electron chi connectivity index (χ1n) is 6.19. The SMILES string of the molecule is CNCc1ccc(Oc2ccccc2Br)cc1C(F)(F)F.